The fourth-order valence-corrected chi connectivity index (χ4v) is 2.78. The van der Waals surface area contributed by atoms with Gasteiger partial charge in [0, 0.05) is 4.47 Å². The van der Waals surface area contributed by atoms with Crippen molar-refractivity contribution < 1.29 is 4.79 Å². The number of halogens is 1. The summed E-state index contributed by atoms with van der Waals surface area (Å²) in [5.41, 5.74) is -0.109. The summed E-state index contributed by atoms with van der Waals surface area (Å²) in [6.07, 6.45) is 1.15. The van der Waals surface area contributed by atoms with Crippen LogP contribution in [0.25, 0.3) is 0 Å². The fraction of sp³-hybridized carbons (Fsp3) is 0.357. The van der Waals surface area contributed by atoms with Gasteiger partial charge in [-0.25, -0.2) is 0 Å². The normalized spacial score (nSPS) is 24.7. The molecule has 0 aliphatic heterocycles. The third-order valence-electron chi connectivity index (χ3n) is 3.39. The molecule has 96 valence electrons. The lowest BCUT2D eigenvalue weighted by atomic mass is 9.63. The second-order valence-corrected chi connectivity index (χ2v) is 5.88. The highest BCUT2D eigenvalue weighted by Gasteiger charge is 2.49. The lowest BCUT2D eigenvalue weighted by Gasteiger charge is -2.39. The Morgan fingerprint density at radius 1 is 1.47 bits per heavy atom. The van der Waals surface area contributed by atoms with Crippen LogP contribution in [0, 0.1) is 34.0 Å². The zero-order valence-corrected chi connectivity index (χ0v) is 12.0. The Morgan fingerprint density at radius 3 is 2.68 bits per heavy atom. The van der Waals surface area contributed by atoms with Crippen molar-refractivity contribution in [1.29, 1.82) is 10.5 Å². The first-order valence-electron chi connectivity index (χ1n) is 5.93. The third kappa shape index (κ3) is 2.47. The molecule has 0 spiro atoms. The van der Waals surface area contributed by atoms with Crippen LogP contribution < -0.4 is 5.32 Å². The van der Waals surface area contributed by atoms with E-state index < -0.39 is 5.41 Å². The molecule has 4 nitrogen and oxygen atoms in total. The van der Waals surface area contributed by atoms with Crippen molar-refractivity contribution in [3.8, 4) is 12.1 Å². The van der Waals surface area contributed by atoms with Crippen LogP contribution in [0.3, 0.4) is 0 Å². The predicted octanol–water partition coefficient (Wildman–Crippen LogP) is 3.20. The first kappa shape index (κ1) is 13.6. The van der Waals surface area contributed by atoms with Gasteiger partial charge in [0.1, 0.15) is 11.5 Å². The second-order valence-electron chi connectivity index (χ2n) is 4.96. The number of carbonyl (C=O) groups excluding carboxylic acids is 1. The first-order valence-corrected chi connectivity index (χ1v) is 6.72. The molecule has 2 rings (SSSR count). The van der Waals surface area contributed by atoms with Crippen molar-refractivity contribution in [3.63, 3.8) is 0 Å². The van der Waals surface area contributed by atoms with E-state index in [1.54, 1.807) is 18.2 Å². The number of benzene rings is 1. The molecule has 1 aromatic carbocycles. The van der Waals surface area contributed by atoms with E-state index in [1.807, 2.05) is 13.0 Å². The largest absolute Gasteiger partial charge is 0.323 e. The number of hydrogen-bond acceptors (Lipinski definition) is 3. The third-order valence-corrected chi connectivity index (χ3v) is 3.89. The van der Waals surface area contributed by atoms with Crippen LogP contribution in [0.5, 0.6) is 0 Å². The van der Waals surface area contributed by atoms with Gasteiger partial charge in [-0.05, 0) is 37.0 Å². The molecule has 1 fully saturated rings. The topological polar surface area (TPSA) is 76.7 Å². The fourth-order valence-electron chi connectivity index (χ4n) is 2.42. The molecule has 0 unspecified atom stereocenters. The Kier molecular flexibility index (Phi) is 3.59. The zero-order chi connectivity index (χ0) is 14.0. The molecule has 0 atom stereocenters. The van der Waals surface area contributed by atoms with Crippen LogP contribution in [-0.2, 0) is 4.79 Å². The van der Waals surface area contributed by atoms with Crippen molar-refractivity contribution in [3.05, 3.63) is 28.2 Å². The molecule has 1 saturated carbocycles. The van der Waals surface area contributed by atoms with E-state index in [0.29, 0.717) is 30.0 Å². The number of nitriles is 2. The minimum absolute atomic E-state index is 0.317. The van der Waals surface area contributed by atoms with Gasteiger partial charge in [-0.3, -0.25) is 4.79 Å². The Bertz CT molecular complexity index is 606. The lowest BCUT2D eigenvalue weighted by Crippen LogP contribution is -2.45. The maximum Gasteiger partial charge on any atom is 0.244 e. The number of carbonyl (C=O) groups is 1. The summed E-state index contributed by atoms with van der Waals surface area (Å²) in [5.74, 6) is 0.0750. The highest BCUT2D eigenvalue weighted by Crippen LogP contribution is 2.45. The summed E-state index contributed by atoms with van der Waals surface area (Å²) in [4.78, 5) is 12.2. The van der Waals surface area contributed by atoms with Crippen LogP contribution in [0.1, 0.15) is 25.3 Å². The van der Waals surface area contributed by atoms with E-state index in [0.717, 1.165) is 4.47 Å². The minimum Gasteiger partial charge on any atom is -0.323 e. The summed E-state index contributed by atoms with van der Waals surface area (Å²) < 4.78 is 0.773. The summed E-state index contributed by atoms with van der Waals surface area (Å²) in [5, 5.41) is 20.9. The van der Waals surface area contributed by atoms with Crippen molar-refractivity contribution in [2.24, 2.45) is 11.3 Å². The summed E-state index contributed by atoms with van der Waals surface area (Å²) >= 11 is 3.30. The number of nitrogens with one attached hydrogen (secondary N) is 1. The quantitative estimate of drug-likeness (QED) is 0.909. The van der Waals surface area contributed by atoms with Gasteiger partial charge in [-0.1, -0.05) is 22.9 Å². The van der Waals surface area contributed by atoms with Crippen LogP contribution in [-0.4, -0.2) is 5.91 Å². The molecular weight excluding hydrogens is 306 g/mol. The number of amides is 1. The first-order chi connectivity index (χ1) is 9.00. The minimum atomic E-state index is -0.936. The molecule has 1 aliphatic rings. The molecule has 0 radical (unpaired) electrons. The van der Waals surface area contributed by atoms with Crippen LogP contribution >= 0.6 is 15.9 Å². The van der Waals surface area contributed by atoms with Gasteiger partial charge >= 0.3 is 0 Å². The van der Waals surface area contributed by atoms with Gasteiger partial charge in [0.15, 0.2) is 0 Å². The molecule has 0 bridgehead atoms. The van der Waals surface area contributed by atoms with Gasteiger partial charge in [0.2, 0.25) is 5.91 Å². The molecule has 1 aromatic rings. The molecule has 1 N–H and O–H groups in total. The molecule has 0 heterocycles. The van der Waals surface area contributed by atoms with E-state index in [4.69, 9.17) is 5.26 Å². The molecule has 1 aliphatic carbocycles. The molecule has 5 heteroatoms. The molecule has 19 heavy (non-hydrogen) atoms. The van der Waals surface area contributed by atoms with Crippen LogP contribution in [0.4, 0.5) is 5.69 Å². The van der Waals surface area contributed by atoms with Gasteiger partial charge in [0.25, 0.3) is 0 Å². The maximum absolute atomic E-state index is 12.2. The lowest BCUT2D eigenvalue weighted by molar-refractivity contribution is -0.128. The van der Waals surface area contributed by atoms with E-state index in [2.05, 4.69) is 27.3 Å². The Labute approximate surface area is 120 Å². The zero-order valence-electron chi connectivity index (χ0n) is 10.4. The van der Waals surface area contributed by atoms with Gasteiger partial charge in [-0.2, -0.15) is 10.5 Å². The number of rotatable bonds is 2. The smallest absolute Gasteiger partial charge is 0.244 e. The maximum atomic E-state index is 12.2. The van der Waals surface area contributed by atoms with E-state index >= 15 is 0 Å². The van der Waals surface area contributed by atoms with E-state index in [-0.39, 0.29) is 5.91 Å². The Morgan fingerprint density at radius 2 is 2.16 bits per heavy atom. The molecule has 0 aromatic heterocycles. The number of nitrogens with zero attached hydrogens (tertiary/aromatic N) is 2. The van der Waals surface area contributed by atoms with Gasteiger partial charge < -0.3 is 5.32 Å². The van der Waals surface area contributed by atoms with E-state index in [1.165, 1.54) is 0 Å². The number of anilines is 1. The average Bonchev–Trinajstić information content (AvgIpc) is 2.35. The standard InChI is InChI=1S/C14H12BrN3O/c1-9-5-14(6-9,8-17)13(19)18-12-4-11(15)3-2-10(12)7-16/h2-4,9H,5-6H2,1H3,(H,18,19). The van der Waals surface area contributed by atoms with E-state index in [9.17, 15) is 10.1 Å². The van der Waals surface area contributed by atoms with Crippen molar-refractivity contribution >= 4 is 27.5 Å². The summed E-state index contributed by atoms with van der Waals surface area (Å²) in [7, 11) is 0. The van der Waals surface area contributed by atoms with Crippen LogP contribution in [0.15, 0.2) is 22.7 Å². The SMILES string of the molecule is CC1CC(C#N)(C(=O)Nc2cc(Br)ccc2C#N)C1. The monoisotopic (exact) mass is 317 g/mol. The predicted molar refractivity (Wildman–Crippen MR) is 73.9 cm³/mol. The van der Waals surface area contributed by atoms with Gasteiger partial charge in [0.05, 0.1) is 17.3 Å². The van der Waals surface area contributed by atoms with Gasteiger partial charge in [-0.15, -0.1) is 0 Å². The number of hydrogen-bond donors (Lipinski definition) is 1. The Hall–Kier alpha value is -1.85. The van der Waals surface area contributed by atoms with Crippen molar-refractivity contribution in [2.45, 2.75) is 19.8 Å². The second kappa shape index (κ2) is 5.03. The summed E-state index contributed by atoms with van der Waals surface area (Å²) in [6.45, 7) is 2.02. The molecule has 0 saturated heterocycles. The summed E-state index contributed by atoms with van der Waals surface area (Å²) in [6, 6.07) is 9.17. The van der Waals surface area contributed by atoms with Crippen LogP contribution in [0.2, 0.25) is 0 Å². The Balaban J connectivity index is 2.23. The highest BCUT2D eigenvalue weighted by molar-refractivity contribution is 9.10. The van der Waals surface area contributed by atoms with Crippen molar-refractivity contribution in [2.75, 3.05) is 5.32 Å². The molecule has 1 amide bonds. The highest BCUT2D eigenvalue weighted by atomic mass is 79.9. The van der Waals surface area contributed by atoms with Crippen molar-refractivity contribution in [1.82, 2.24) is 0 Å². The average molecular weight is 318 g/mol. The molecular formula is C14H12BrN3O.